The van der Waals surface area contributed by atoms with Crippen molar-refractivity contribution >= 4 is 76.4 Å². The van der Waals surface area contributed by atoms with Gasteiger partial charge in [-0.15, -0.1) is 28.5 Å². The second kappa shape index (κ2) is 12.7. The lowest BCUT2D eigenvalue weighted by Gasteiger charge is -2.48. The number of rotatable bonds is 10. The van der Waals surface area contributed by atoms with E-state index in [1.54, 1.807) is 18.7 Å². The van der Waals surface area contributed by atoms with Gasteiger partial charge in [0, 0.05) is 24.8 Å². The molecule has 0 aliphatic carbocycles. The van der Waals surface area contributed by atoms with Crippen molar-refractivity contribution < 1.29 is 14.3 Å². The molecule has 41 heavy (non-hydrogen) atoms. The molecule has 2 aliphatic rings. The number of amides is 1. The summed E-state index contributed by atoms with van der Waals surface area (Å²) >= 11 is 21.4. The molecule has 0 N–H and O–H groups in total. The fourth-order valence-electron chi connectivity index (χ4n) is 4.29. The predicted octanol–water partition coefficient (Wildman–Crippen LogP) is 5.04. The van der Waals surface area contributed by atoms with Gasteiger partial charge in [-0.2, -0.15) is 0 Å². The number of benzene rings is 2. The lowest BCUT2D eigenvalue weighted by molar-refractivity contribution is -0.153. The van der Waals surface area contributed by atoms with E-state index in [1.165, 1.54) is 34.6 Å². The first-order valence-corrected chi connectivity index (χ1v) is 15.8. The number of halogens is 3. The SMILES string of the molecule is CC(Cl)C(Cl)(Cl)C=N[C@@H]1C(=O)N2C(C(=O)OC(c3ccccc3)c3ccccc3)=C(CSc3nnnn3C)CS[C@@H]12. The summed E-state index contributed by atoms with van der Waals surface area (Å²) in [6, 6.07) is 18.2. The van der Waals surface area contributed by atoms with E-state index in [4.69, 9.17) is 39.5 Å². The van der Waals surface area contributed by atoms with Gasteiger partial charge in [-0.3, -0.25) is 14.7 Å². The largest absolute Gasteiger partial charge is 0.448 e. The number of carbonyl (C=O) groups excluding carboxylic acids is 2. The highest BCUT2D eigenvalue weighted by molar-refractivity contribution is 8.01. The van der Waals surface area contributed by atoms with Gasteiger partial charge in [-0.25, -0.2) is 9.48 Å². The van der Waals surface area contributed by atoms with Gasteiger partial charge < -0.3 is 4.74 Å². The second-order valence-electron chi connectivity index (χ2n) is 9.36. The number of aryl methyl sites for hydroxylation is 1. The van der Waals surface area contributed by atoms with Crippen LogP contribution in [-0.4, -0.2) is 75.8 Å². The highest BCUT2D eigenvalue weighted by Crippen LogP contribution is 2.44. The summed E-state index contributed by atoms with van der Waals surface area (Å²) in [5, 5.41) is 11.1. The first kappa shape index (κ1) is 29.9. The Morgan fingerprint density at radius 2 is 1.83 bits per heavy atom. The van der Waals surface area contributed by atoms with Gasteiger partial charge in [0.25, 0.3) is 5.91 Å². The molecule has 0 bridgehead atoms. The molecule has 5 rings (SSSR count). The number of β-lactam (4-membered cyclic amide) rings is 1. The molecule has 3 aromatic rings. The molecular weight excluding hydrogens is 627 g/mol. The van der Waals surface area contributed by atoms with Crippen molar-refractivity contribution in [3.05, 3.63) is 83.1 Å². The maximum absolute atomic E-state index is 14.0. The van der Waals surface area contributed by atoms with E-state index in [1.807, 2.05) is 60.7 Å². The van der Waals surface area contributed by atoms with Gasteiger partial charge in [0.1, 0.15) is 11.1 Å². The minimum absolute atomic E-state index is 0.207. The molecule has 0 spiro atoms. The van der Waals surface area contributed by atoms with Crippen LogP contribution in [-0.2, 0) is 21.4 Å². The molecule has 3 atom stereocenters. The minimum atomic E-state index is -1.44. The van der Waals surface area contributed by atoms with E-state index < -0.39 is 33.2 Å². The van der Waals surface area contributed by atoms with E-state index in [0.29, 0.717) is 16.7 Å². The smallest absolute Gasteiger partial charge is 0.356 e. The Morgan fingerprint density at radius 1 is 1.20 bits per heavy atom. The van der Waals surface area contributed by atoms with E-state index in [9.17, 15) is 9.59 Å². The van der Waals surface area contributed by atoms with Crippen molar-refractivity contribution in [2.24, 2.45) is 12.0 Å². The van der Waals surface area contributed by atoms with Crippen molar-refractivity contribution in [2.75, 3.05) is 11.5 Å². The van der Waals surface area contributed by atoms with Gasteiger partial charge in [0.15, 0.2) is 16.5 Å². The summed E-state index contributed by atoms with van der Waals surface area (Å²) in [4.78, 5) is 33.3. The summed E-state index contributed by atoms with van der Waals surface area (Å²) in [7, 11) is 1.74. The molecule has 9 nitrogen and oxygen atoms in total. The lowest BCUT2D eigenvalue weighted by Crippen LogP contribution is -2.64. The first-order chi connectivity index (χ1) is 19.7. The number of aromatic nitrogens is 4. The number of fused-ring (bicyclic) bond motifs is 1. The standard InChI is InChI=1S/C27H25Cl3N6O3S2/c1-16(28)27(29,30)15-31-20-23(37)36-21(19(13-40-24(20)36)14-41-26-32-33-34-35(26)2)25(38)39-22(17-9-5-3-6-10-17)18-11-7-4-8-12-18/h3-12,15-16,20,22,24H,13-14H2,1-2H3/t16?,20-,24+/m1/s1. The molecular formula is C27H25Cl3N6O3S2. The zero-order chi connectivity index (χ0) is 29.1. The third-order valence-electron chi connectivity index (χ3n) is 6.54. The van der Waals surface area contributed by atoms with Crippen LogP contribution in [0.3, 0.4) is 0 Å². The Balaban J connectivity index is 1.46. The van der Waals surface area contributed by atoms with Crippen LogP contribution >= 0.6 is 58.3 Å². The molecule has 1 fully saturated rings. The number of hydrogen-bond acceptors (Lipinski definition) is 9. The fourth-order valence-corrected chi connectivity index (χ4v) is 6.79. The normalized spacial score (nSPS) is 19.9. The maximum Gasteiger partial charge on any atom is 0.356 e. The van der Waals surface area contributed by atoms with E-state index in [2.05, 4.69) is 20.5 Å². The number of aliphatic imine (C=N–C) groups is 1. The maximum atomic E-state index is 14.0. The molecule has 3 heterocycles. The van der Waals surface area contributed by atoms with Gasteiger partial charge in [0.05, 0.1) is 5.38 Å². The van der Waals surface area contributed by atoms with Crippen molar-refractivity contribution in [3.8, 4) is 0 Å². The van der Waals surface area contributed by atoms with Crippen LogP contribution in [0.2, 0.25) is 0 Å². The Kier molecular flexibility index (Phi) is 9.30. The molecule has 2 aromatic carbocycles. The van der Waals surface area contributed by atoms with E-state index >= 15 is 0 Å². The monoisotopic (exact) mass is 650 g/mol. The van der Waals surface area contributed by atoms with Gasteiger partial charge in [0.2, 0.25) is 5.16 Å². The zero-order valence-corrected chi connectivity index (χ0v) is 25.8. The summed E-state index contributed by atoms with van der Waals surface area (Å²) in [5.74, 6) is -0.0961. The van der Waals surface area contributed by atoms with E-state index in [0.717, 1.165) is 16.7 Å². The molecule has 0 saturated carbocycles. The first-order valence-electron chi connectivity index (χ1n) is 12.6. The van der Waals surface area contributed by atoms with Crippen LogP contribution in [0.5, 0.6) is 0 Å². The summed E-state index contributed by atoms with van der Waals surface area (Å²) < 4.78 is 6.29. The molecule has 1 unspecified atom stereocenters. The van der Waals surface area contributed by atoms with Crippen LogP contribution in [0, 0.1) is 0 Å². The predicted molar refractivity (Wildman–Crippen MR) is 162 cm³/mol. The van der Waals surface area contributed by atoms with Crippen molar-refractivity contribution in [1.29, 1.82) is 0 Å². The number of nitrogens with zero attached hydrogens (tertiary/aromatic N) is 6. The fraction of sp³-hybridized carbons (Fsp3) is 0.333. The number of ether oxygens (including phenoxy) is 1. The van der Waals surface area contributed by atoms with Gasteiger partial charge >= 0.3 is 5.97 Å². The zero-order valence-electron chi connectivity index (χ0n) is 21.9. The van der Waals surface area contributed by atoms with Crippen LogP contribution in [0.15, 0.2) is 82.1 Å². The van der Waals surface area contributed by atoms with Crippen LogP contribution in [0.25, 0.3) is 0 Å². The van der Waals surface area contributed by atoms with E-state index in [-0.39, 0.29) is 11.6 Å². The van der Waals surface area contributed by atoms with Crippen LogP contribution in [0.1, 0.15) is 24.2 Å². The number of tetrazole rings is 1. The number of esters is 1. The molecule has 2 aliphatic heterocycles. The molecule has 214 valence electrons. The third kappa shape index (κ3) is 6.44. The number of carbonyl (C=O) groups is 2. The van der Waals surface area contributed by atoms with Crippen LogP contribution in [0.4, 0.5) is 0 Å². The van der Waals surface area contributed by atoms with Gasteiger partial charge in [-0.05, 0) is 34.1 Å². The summed E-state index contributed by atoms with van der Waals surface area (Å²) in [6.07, 6.45) is 0.620. The molecule has 1 saturated heterocycles. The van der Waals surface area contributed by atoms with Crippen molar-refractivity contribution in [1.82, 2.24) is 25.1 Å². The average molecular weight is 652 g/mol. The molecule has 1 amide bonds. The Bertz CT molecular complexity index is 1430. The number of alkyl halides is 3. The second-order valence-corrected chi connectivity index (χ2v) is 13.5. The van der Waals surface area contributed by atoms with Crippen LogP contribution < -0.4 is 0 Å². The average Bonchev–Trinajstić information content (AvgIpc) is 3.39. The molecule has 0 radical (unpaired) electrons. The minimum Gasteiger partial charge on any atom is -0.448 e. The number of thioether (sulfide) groups is 2. The molecule has 14 heteroatoms. The summed E-state index contributed by atoms with van der Waals surface area (Å²) in [6.45, 7) is 1.64. The quantitative estimate of drug-likeness (QED) is 0.0988. The lowest BCUT2D eigenvalue weighted by atomic mass is 10.0. The topological polar surface area (TPSA) is 103 Å². The Hall–Kier alpha value is -2.57. The summed E-state index contributed by atoms with van der Waals surface area (Å²) in [5.41, 5.74) is 2.56. The highest BCUT2D eigenvalue weighted by Gasteiger charge is 2.54. The van der Waals surface area contributed by atoms with Gasteiger partial charge in [-0.1, -0.05) is 95.6 Å². The number of hydrogen-bond donors (Lipinski definition) is 0. The highest BCUT2D eigenvalue weighted by atomic mass is 35.5. The Labute approximate surface area is 260 Å². The Morgan fingerprint density at radius 3 is 2.39 bits per heavy atom. The third-order valence-corrected chi connectivity index (χ3v) is 10.4. The van der Waals surface area contributed by atoms with Crippen molar-refractivity contribution in [2.45, 2.75) is 39.3 Å². The van der Waals surface area contributed by atoms with Crippen molar-refractivity contribution in [3.63, 3.8) is 0 Å². The molecule has 1 aromatic heterocycles.